The highest BCUT2D eigenvalue weighted by Gasteiger charge is 2.01. The molecule has 3 nitrogen and oxygen atoms in total. The molecule has 72 valence electrons. The first-order valence-corrected chi connectivity index (χ1v) is 4.59. The molecule has 0 bridgehead atoms. The lowest BCUT2D eigenvalue weighted by Crippen LogP contribution is -1.97. The fourth-order valence-corrected chi connectivity index (χ4v) is 1.55. The minimum absolute atomic E-state index is 0.178. The Kier molecular flexibility index (Phi) is 2.08. The molecule has 0 atom stereocenters. The molecule has 0 radical (unpaired) electrons. The van der Waals surface area contributed by atoms with Crippen molar-refractivity contribution in [2.45, 2.75) is 20.3 Å². The summed E-state index contributed by atoms with van der Waals surface area (Å²) in [5.74, 6) is 0.178. The normalized spacial score (nSPS) is 10.7. The molecule has 0 aliphatic carbocycles. The van der Waals surface area contributed by atoms with Crippen molar-refractivity contribution in [1.82, 2.24) is 9.38 Å². The van der Waals surface area contributed by atoms with Crippen LogP contribution in [0.25, 0.3) is 5.65 Å². The van der Waals surface area contributed by atoms with Crippen LogP contribution >= 0.6 is 0 Å². The lowest BCUT2D eigenvalue weighted by atomic mass is 10.1. The number of aromatic nitrogens is 2. The number of carbonyl (C=O) groups excluding carboxylic acids is 1. The van der Waals surface area contributed by atoms with Gasteiger partial charge in [0.05, 0.1) is 5.69 Å². The Labute approximate surface area is 82.4 Å². The van der Waals surface area contributed by atoms with E-state index in [9.17, 15) is 4.79 Å². The monoisotopic (exact) mass is 188 g/mol. The summed E-state index contributed by atoms with van der Waals surface area (Å²) in [6, 6.07) is 3.91. The average molecular weight is 188 g/mol. The molecule has 2 aromatic heterocycles. The van der Waals surface area contributed by atoms with Crippen molar-refractivity contribution < 1.29 is 4.79 Å². The minimum Gasteiger partial charge on any atom is -0.307 e. The second kappa shape index (κ2) is 3.25. The van der Waals surface area contributed by atoms with Crippen molar-refractivity contribution in [2.75, 3.05) is 0 Å². The van der Waals surface area contributed by atoms with Gasteiger partial charge in [-0.05, 0) is 31.5 Å². The maximum absolute atomic E-state index is 10.9. The van der Waals surface area contributed by atoms with E-state index in [1.54, 1.807) is 6.92 Å². The fourth-order valence-electron chi connectivity index (χ4n) is 1.55. The van der Waals surface area contributed by atoms with E-state index in [2.05, 4.69) is 4.98 Å². The van der Waals surface area contributed by atoms with E-state index >= 15 is 0 Å². The Morgan fingerprint density at radius 3 is 3.07 bits per heavy atom. The second-order valence-electron chi connectivity index (χ2n) is 3.56. The SMILES string of the molecule is CC(=O)Cc1ccn2cc(C)nc2c1. The molecule has 3 heteroatoms. The highest BCUT2D eigenvalue weighted by Crippen LogP contribution is 2.08. The van der Waals surface area contributed by atoms with Gasteiger partial charge in [-0.2, -0.15) is 0 Å². The first kappa shape index (κ1) is 8.94. The van der Waals surface area contributed by atoms with E-state index in [1.807, 2.05) is 35.9 Å². The quantitative estimate of drug-likeness (QED) is 0.719. The van der Waals surface area contributed by atoms with Gasteiger partial charge in [-0.3, -0.25) is 4.79 Å². The molecule has 14 heavy (non-hydrogen) atoms. The number of rotatable bonds is 2. The molecule has 0 N–H and O–H groups in total. The summed E-state index contributed by atoms with van der Waals surface area (Å²) in [5.41, 5.74) is 2.92. The summed E-state index contributed by atoms with van der Waals surface area (Å²) in [6.45, 7) is 3.55. The molecule has 2 rings (SSSR count). The largest absolute Gasteiger partial charge is 0.307 e. The van der Waals surface area contributed by atoms with Gasteiger partial charge in [0.1, 0.15) is 11.4 Å². The van der Waals surface area contributed by atoms with E-state index in [0.717, 1.165) is 16.9 Å². The van der Waals surface area contributed by atoms with E-state index in [-0.39, 0.29) is 5.78 Å². The molecular formula is C11H12N2O. The average Bonchev–Trinajstić information content (AvgIpc) is 2.42. The van der Waals surface area contributed by atoms with Gasteiger partial charge >= 0.3 is 0 Å². The van der Waals surface area contributed by atoms with Gasteiger partial charge in [0.15, 0.2) is 0 Å². The number of hydrogen-bond donors (Lipinski definition) is 0. The Morgan fingerprint density at radius 1 is 1.57 bits per heavy atom. The summed E-state index contributed by atoms with van der Waals surface area (Å²) >= 11 is 0. The van der Waals surface area contributed by atoms with Gasteiger partial charge in [0, 0.05) is 18.8 Å². The van der Waals surface area contributed by atoms with E-state index in [0.29, 0.717) is 6.42 Å². The van der Waals surface area contributed by atoms with Crippen LogP contribution < -0.4 is 0 Å². The number of nitrogens with zero attached hydrogens (tertiary/aromatic N) is 2. The molecule has 0 amide bonds. The lowest BCUT2D eigenvalue weighted by Gasteiger charge is -1.98. The molecule has 2 heterocycles. The molecule has 2 aromatic rings. The van der Waals surface area contributed by atoms with Gasteiger partial charge < -0.3 is 4.40 Å². The summed E-state index contributed by atoms with van der Waals surface area (Å²) in [7, 11) is 0. The molecule has 0 saturated carbocycles. The van der Waals surface area contributed by atoms with Crippen LogP contribution in [0.4, 0.5) is 0 Å². The number of aryl methyl sites for hydroxylation is 1. The summed E-state index contributed by atoms with van der Waals surface area (Å²) in [6.07, 6.45) is 4.39. The molecule has 0 saturated heterocycles. The van der Waals surface area contributed by atoms with Gasteiger partial charge in [0.2, 0.25) is 0 Å². The third-order valence-electron chi connectivity index (χ3n) is 2.10. The molecule has 0 aromatic carbocycles. The number of pyridine rings is 1. The van der Waals surface area contributed by atoms with Crippen LogP contribution in [0, 0.1) is 6.92 Å². The molecule has 0 spiro atoms. The van der Waals surface area contributed by atoms with Crippen molar-refractivity contribution >= 4 is 11.4 Å². The number of carbonyl (C=O) groups is 1. The topological polar surface area (TPSA) is 34.4 Å². The molecule has 0 aliphatic rings. The molecule has 0 unspecified atom stereocenters. The number of ketones is 1. The number of fused-ring (bicyclic) bond motifs is 1. The van der Waals surface area contributed by atoms with Crippen LogP contribution in [0.1, 0.15) is 18.2 Å². The number of Topliss-reactive ketones (excluding diaryl/α,β-unsaturated/α-hetero) is 1. The lowest BCUT2D eigenvalue weighted by molar-refractivity contribution is -0.116. The van der Waals surface area contributed by atoms with Gasteiger partial charge in [-0.1, -0.05) is 0 Å². The first-order valence-electron chi connectivity index (χ1n) is 4.59. The highest BCUT2D eigenvalue weighted by molar-refractivity contribution is 5.78. The van der Waals surface area contributed by atoms with E-state index in [1.165, 1.54) is 0 Å². The first-order chi connectivity index (χ1) is 6.65. The van der Waals surface area contributed by atoms with Crippen LogP contribution in [0.3, 0.4) is 0 Å². The number of imidazole rings is 1. The predicted octanol–water partition coefficient (Wildman–Crippen LogP) is 1.77. The summed E-state index contributed by atoms with van der Waals surface area (Å²) in [5, 5.41) is 0. The zero-order valence-electron chi connectivity index (χ0n) is 8.32. The van der Waals surface area contributed by atoms with Crippen LogP contribution in [0.2, 0.25) is 0 Å². The third kappa shape index (κ3) is 1.66. The van der Waals surface area contributed by atoms with Gasteiger partial charge in [0.25, 0.3) is 0 Å². The summed E-state index contributed by atoms with van der Waals surface area (Å²) < 4.78 is 1.96. The third-order valence-corrected chi connectivity index (χ3v) is 2.10. The molecule has 0 fully saturated rings. The molecule has 0 aliphatic heterocycles. The van der Waals surface area contributed by atoms with E-state index < -0.39 is 0 Å². The smallest absolute Gasteiger partial charge is 0.137 e. The highest BCUT2D eigenvalue weighted by atomic mass is 16.1. The standard InChI is InChI=1S/C11H12N2O/c1-8-7-13-4-3-10(5-9(2)14)6-11(13)12-8/h3-4,6-7H,5H2,1-2H3. The van der Waals surface area contributed by atoms with Crippen molar-refractivity contribution in [3.63, 3.8) is 0 Å². The van der Waals surface area contributed by atoms with Crippen molar-refractivity contribution in [3.05, 3.63) is 35.8 Å². The van der Waals surface area contributed by atoms with Crippen molar-refractivity contribution in [1.29, 1.82) is 0 Å². The predicted molar refractivity (Wildman–Crippen MR) is 54.3 cm³/mol. The van der Waals surface area contributed by atoms with Gasteiger partial charge in [-0.15, -0.1) is 0 Å². The zero-order valence-corrected chi connectivity index (χ0v) is 8.32. The fraction of sp³-hybridized carbons (Fsp3) is 0.273. The van der Waals surface area contributed by atoms with Crippen molar-refractivity contribution in [3.8, 4) is 0 Å². The van der Waals surface area contributed by atoms with Crippen LogP contribution in [0.5, 0.6) is 0 Å². The Hall–Kier alpha value is -1.64. The Bertz CT molecular complexity index is 485. The zero-order chi connectivity index (χ0) is 10.1. The van der Waals surface area contributed by atoms with Crippen molar-refractivity contribution in [2.24, 2.45) is 0 Å². The maximum atomic E-state index is 10.9. The number of hydrogen-bond acceptors (Lipinski definition) is 2. The van der Waals surface area contributed by atoms with E-state index in [4.69, 9.17) is 0 Å². The molecular weight excluding hydrogens is 176 g/mol. The minimum atomic E-state index is 0.178. The Morgan fingerprint density at radius 2 is 2.36 bits per heavy atom. The van der Waals surface area contributed by atoms with Crippen LogP contribution in [-0.2, 0) is 11.2 Å². The van der Waals surface area contributed by atoms with Crippen LogP contribution in [0.15, 0.2) is 24.5 Å². The summed E-state index contributed by atoms with van der Waals surface area (Å²) in [4.78, 5) is 15.3. The van der Waals surface area contributed by atoms with Gasteiger partial charge in [-0.25, -0.2) is 4.98 Å². The van der Waals surface area contributed by atoms with Crippen LogP contribution in [-0.4, -0.2) is 15.2 Å². The Balaban J connectivity index is 2.45. The maximum Gasteiger partial charge on any atom is 0.137 e. The second-order valence-corrected chi connectivity index (χ2v) is 3.56.